The number of ether oxygens (including phenoxy) is 1. The molecule has 2 aromatic rings. The van der Waals surface area contributed by atoms with Crippen molar-refractivity contribution in [3.05, 3.63) is 63.6 Å². The number of carboxylic acid groups (broad SMARTS) is 1. The third kappa shape index (κ3) is 4.40. The molecule has 2 N–H and O–H groups in total. The minimum Gasteiger partial charge on any atom is -0.480 e. The van der Waals surface area contributed by atoms with Gasteiger partial charge in [-0.15, -0.1) is 6.42 Å². The van der Waals surface area contributed by atoms with Gasteiger partial charge >= 0.3 is 5.97 Å². The monoisotopic (exact) mass is 484 g/mol. The zero-order valence-corrected chi connectivity index (χ0v) is 17.6. The van der Waals surface area contributed by atoms with E-state index in [0.717, 1.165) is 4.90 Å². The van der Waals surface area contributed by atoms with Crippen molar-refractivity contribution in [1.29, 1.82) is 0 Å². The zero-order valence-electron chi connectivity index (χ0n) is 15.2. The van der Waals surface area contributed by atoms with Gasteiger partial charge in [0.15, 0.2) is 5.11 Å². The number of amides is 2. The molecule has 1 saturated heterocycles. The zero-order chi connectivity index (χ0) is 21.8. The molecule has 2 amide bonds. The van der Waals surface area contributed by atoms with Crippen molar-refractivity contribution in [2.75, 3.05) is 11.5 Å². The number of carbonyl (C=O) groups excluding carboxylic acids is 2. The van der Waals surface area contributed by atoms with E-state index < -0.39 is 17.8 Å². The molecule has 30 heavy (non-hydrogen) atoms. The summed E-state index contributed by atoms with van der Waals surface area (Å²) in [4.78, 5) is 37.7. The second kappa shape index (κ2) is 8.90. The van der Waals surface area contributed by atoms with E-state index in [-0.39, 0.29) is 28.5 Å². The molecule has 0 atom stereocenters. The first-order chi connectivity index (χ1) is 14.3. The Balaban J connectivity index is 1.96. The lowest BCUT2D eigenvalue weighted by Gasteiger charge is -2.29. The van der Waals surface area contributed by atoms with Crippen LogP contribution in [0.2, 0.25) is 0 Å². The second-order valence-electron chi connectivity index (χ2n) is 6.00. The van der Waals surface area contributed by atoms with E-state index in [1.807, 2.05) is 0 Å². The number of carboxylic acids is 1. The summed E-state index contributed by atoms with van der Waals surface area (Å²) in [5.41, 5.74) is 0.612. The van der Waals surface area contributed by atoms with Gasteiger partial charge in [-0.2, -0.15) is 0 Å². The normalized spacial score (nSPS) is 15.0. The number of hydrogen-bond donors (Lipinski definition) is 2. The molecular formula is C21H13BrN2O5S. The number of hydrogen-bond acceptors (Lipinski definition) is 5. The fourth-order valence-corrected chi connectivity index (χ4v) is 3.47. The molecule has 0 radical (unpaired) electrons. The van der Waals surface area contributed by atoms with Crippen LogP contribution in [0.1, 0.15) is 15.9 Å². The van der Waals surface area contributed by atoms with Gasteiger partial charge in [-0.05, 0) is 70.1 Å². The average molecular weight is 485 g/mol. The summed E-state index contributed by atoms with van der Waals surface area (Å²) >= 11 is 8.48. The van der Waals surface area contributed by atoms with E-state index in [9.17, 15) is 19.5 Å². The smallest absolute Gasteiger partial charge is 0.335 e. The van der Waals surface area contributed by atoms with Crippen molar-refractivity contribution >= 4 is 62.8 Å². The van der Waals surface area contributed by atoms with E-state index >= 15 is 0 Å². The fourth-order valence-electron chi connectivity index (χ4n) is 2.68. The van der Waals surface area contributed by atoms with E-state index in [0.29, 0.717) is 15.8 Å². The first kappa shape index (κ1) is 21.2. The third-order valence-corrected chi connectivity index (χ3v) is 4.94. The molecule has 1 fully saturated rings. The summed E-state index contributed by atoms with van der Waals surface area (Å²) in [6.45, 7) is 0.0989. The highest BCUT2D eigenvalue weighted by atomic mass is 79.9. The summed E-state index contributed by atoms with van der Waals surface area (Å²) in [7, 11) is 0. The number of aromatic carboxylic acids is 1. The van der Waals surface area contributed by atoms with Gasteiger partial charge in [0.25, 0.3) is 11.8 Å². The van der Waals surface area contributed by atoms with Crippen LogP contribution in [0.3, 0.4) is 0 Å². The summed E-state index contributed by atoms with van der Waals surface area (Å²) in [6.07, 6.45) is 6.59. The molecule has 1 aliphatic heterocycles. The van der Waals surface area contributed by atoms with Crippen LogP contribution >= 0.6 is 28.1 Å². The summed E-state index contributed by atoms with van der Waals surface area (Å²) < 4.78 is 5.96. The van der Waals surface area contributed by atoms with Crippen LogP contribution in [0, 0.1) is 12.3 Å². The molecule has 0 spiro atoms. The minimum atomic E-state index is -1.15. The molecule has 0 unspecified atom stereocenters. The van der Waals surface area contributed by atoms with Crippen LogP contribution in [0.4, 0.5) is 5.69 Å². The highest BCUT2D eigenvalue weighted by molar-refractivity contribution is 9.10. The Morgan fingerprint density at radius 3 is 2.73 bits per heavy atom. The maximum Gasteiger partial charge on any atom is 0.335 e. The third-order valence-electron chi connectivity index (χ3n) is 4.03. The Bertz CT molecular complexity index is 1150. The van der Waals surface area contributed by atoms with E-state index in [1.54, 1.807) is 18.2 Å². The van der Waals surface area contributed by atoms with Gasteiger partial charge in [0, 0.05) is 0 Å². The van der Waals surface area contributed by atoms with Gasteiger partial charge < -0.3 is 9.84 Å². The largest absolute Gasteiger partial charge is 0.480 e. The van der Waals surface area contributed by atoms with Gasteiger partial charge in [0.2, 0.25) is 0 Å². The molecule has 0 saturated carbocycles. The molecule has 1 aliphatic rings. The van der Waals surface area contributed by atoms with Crippen LogP contribution in [0.5, 0.6) is 5.75 Å². The van der Waals surface area contributed by atoms with E-state index in [1.165, 1.54) is 30.3 Å². The number of anilines is 1. The van der Waals surface area contributed by atoms with Crippen molar-refractivity contribution in [2.24, 2.45) is 0 Å². The molecule has 0 bridgehead atoms. The number of benzene rings is 2. The van der Waals surface area contributed by atoms with Crippen LogP contribution in [0.25, 0.3) is 6.08 Å². The number of nitrogens with zero attached hydrogens (tertiary/aromatic N) is 1. The summed E-state index contributed by atoms with van der Waals surface area (Å²) in [6, 6.07) is 10.7. The molecule has 0 aromatic heterocycles. The van der Waals surface area contributed by atoms with Gasteiger partial charge in [0.05, 0.1) is 15.7 Å². The molecule has 0 aliphatic carbocycles. The van der Waals surface area contributed by atoms with Crippen LogP contribution in [-0.4, -0.2) is 34.6 Å². The lowest BCUT2D eigenvalue weighted by Crippen LogP contribution is -2.54. The molecule has 2 aromatic carbocycles. The van der Waals surface area contributed by atoms with Crippen LogP contribution < -0.4 is 15.0 Å². The highest BCUT2D eigenvalue weighted by Crippen LogP contribution is 2.28. The maximum atomic E-state index is 13.0. The van der Waals surface area contributed by atoms with Gasteiger partial charge in [-0.1, -0.05) is 18.1 Å². The van der Waals surface area contributed by atoms with E-state index in [4.69, 9.17) is 23.4 Å². The Hall–Kier alpha value is -3.48. The van der Waals surface area contributed by atoms with E-state index in [2.05, 4.69) is 27.2 Å². The minimum absolute atomic E-state index is 0.0166. The maximum absolute atomic E-state index is 13.0. The Labute approximate surface area is 185 Å². The van der Waals surface area contributed by atoms with Crippen molar-refractivity contribution < 1.29 is 24.2 Å². The summed E-state index contributed by atoms with van der Waals surface area (Å²) in [5.74, 6) is 0.407. The van der Waals surface area contributed by atoms with Crippen LogP contribution in [-0.2, 0) is 9.59 Å². The predicted molar refractivity (Wildman–Crippen MR) is 118 cm³/mol. The fraction of sp³-hybridized carbons (Fsp3) is 0.0476. The number of terminal acetylenes is 1. The Morgan fingerprint density at radius 2 is 2.07 bits per heavy atom. The Kier molecular flexibility index (Phi) is 6.30. The standard InChI is InChI=1S/C21H13BrN2O5S/c1-2-8-29-17-7-6-12(10-16(17)22)9-15-18(25)23-21(30)24(19(15)26)14-5-3-4-13(11-14)20(27)28/h1,3-7,9-11H,8H2,(H,27,28)(H,23,25,30). The first-order valence-electron chi connectivity index (χ1n) is 8.42. The Morgan fingerprint density at radius 1 is 1.30 bits per heavy atom. The number of carbonyl (C=O) groups is 3. The lowest BCUT2D eigenvalue weighted by atomic mass is 10.1. The molecule has 1 heterocycles. The van der Waals surface area contributed by atoms with Crippen molar-refractivity contribution in [1.82, 2.24) is 5.32 Å². The molecule has 3 rings (SSSR count). The van der Waals surface area contributed by atoms with Crippen LogP contribution in [0.15, 0.2) is 52.5 Å². The molecule has 9 heteroatoms. The second-order valence-corrected chi connectivity index (χ2v) is 7.24. The van der Waals surface area contributed by atoms with Crippen molar-refractivity contribution in [3.8, 4) is 18.1 Å². The van der Waals surface area contributed by atoms with Crippen molar-refractivity contribution in [2.45, 2.75) is 0 Å². The highest BCUT2D eigenvalue weighted by Gasteiger charge is 2.34. The first-order valence-corrected chi connectivity index (χ1v) is 9.62. The summed E-state index contributed by atoms with van der Waals surface area (Å²) in [5, 5.41) is 11.5. The van der Waals surface area contributed by atoms with Gasteiger partial charge in [0.1, 0.15) is 17.9 Å². The topological polar surface area (TPSA) is 95.9 Å². The van der Waals surface area contributed by atoms with Gasteiger partial charge in [-0.3, -0.25) is 19.8 Å². The molecule has 7 nitrogen and oxygen atoms in total. The lowest BCUT2D eigenvalue weighted by molar-refractivity contribution is -0.122. The van der Waals surface area contributed by atoms with Crippen molar-refractivity contribution in [3.63, 3.8) is 0 Å². The predicted octanol–water partition coefficient (Wildman–Crippen LogP) is 2.99. The number of halogens is 1. The number of rotatable bonds is 5. The quantitative estimate of drug-likeness (QED) is 0.293. The molecular weight excluding hydrogens is 472 g/mol. The number of thiocarbonyl (C=S) groups is 1. The average Bonchev–Trinajstić information content (AvgIpc) is 2.70. The molecule has 150 valence electrons. The SMILES string of the molecule is C#CCOc1ccc(C=C2C(=O)NC(=S)N(c3cccc(C(=O)O)c3)C2=O)cc1Br. The van der Waals surface area contributed by atoms with Gasteiger partial charge in [-0.25, -0.2) is 4.79 Å². The number of nitrogens with one attached hydrogen (secondary N) is 1.